The van der Waals surface area contributed by atoms with Crippen LogP contribution in [0, 0.1) is 13.8 Å². The highest BCUT2D eigenvalue weighted by Gasteiger charge is 2.10. The molecular weight excluding hydrogens is 168 g/mol. The van der Waals surface area contributed by atoms with Crippen LogP contribution in [0.3, 0.4) is 0 Å². The first-order valence-electron chi connectivity index (χ1n) is 5.50. The highest BCUT2D eigenvalue weighted by Crippen LogP contribution is 2.28. The monoisotopic (exact) mass is 186 g/mol. The van der Waals surface area contributed by atoms with Crippen molar-refractivity contribution in [3.63, 3.8) is 0 Å². The molecule has 0 nitrogen and oxygen atoms in total. The SMILES string of the molecule is Cc1cc(C)cc(C2C=CCCC2)c1. The summed E-state index contributed by atoms with van der Waals surface area (Å²) in [4.78, 5) is 0. The van der Waals surface area contributed by atoms with Crippen LogP contribution in [0.4, 0.5) is 0 Å². The van der Waals surface area contributed by atoms with Crippen LogP contribution in [0.25, 0.3) is 0 Å². The maximum atomic E-state index is 2.37. The molecule has 0 amide bonds. The van der Waals surface area contributed by atoms with E-state index in [4.69, 9.17) is 0 Å². The average Bonchev–Trinajstić information content (AvgIpc) is 2.18. The summed E-state index contributed by atoms with van der Waals surface area (Å²) in [6.07, 6.45) is 8.62. The highest BCUT2D eigenvalue weighted by atomic mass is 14.2. The molecule has 1 atom stereocenters. The Bertz CT molecular complexity index is 327. The van der Waals surface area contributed by atoms with Crippen molar-refractivity contribution in [3.8, 4) is 0 Å². The lowest BCUT2D eigenvalue weighted by atomic mass is 9.88. The second kappa shape index (κ2) is 4.00. The molecule has 0 saturated carbocycles. The summed E-state index contributed by atoms with van der Waals surface area (Å²) >= 11 is 0. The van der Waals surface area contributed by atoms with E-state index in [2.05, 4.69) is 44.2 Å². The molecule has 0 heterocycles. The lowest BCUT2D eigenvalue weighted by Gasteiger charge is -2.17. The molecule has 0 spiro atoms. The van der Waals surface area contributed by atoms with E-state index in [0.717, 1.165) is 0 Å². The van der Waals surface area contributed by atoms with Gasteiger partial charge in [0, 0.05) is 5.92 Å². The Balaban J connectivity index is 2.30. The van der Waals surface area contributed by atoms with Crippen molar-refractivity contribution in [2.24, 2.45) is 0 Å². The molecule has 2 rings (SSSR count). The minimum Gasteiger partial charge on any atom is -0.0879 e. The van der Waals surface area contributed by atoms with Gasteiger partial charge in [-0.25, -0.2) is 0 Å². The fraction of sp³-hybridized carbons (Fsp3) is 0.429. The quantitative estimate of drug-likeness (QED) is 0.578. The molecular formula is C14H18. The summed E-state index contributed by atoms with van der Waals surface area (Å²) < 4.78 is 0. The maximum absolute atomic E-state index is 2.37. The molecule has 0 aliphatic heterocycles. The van der Waals surface area contributed by atoms with Crippen LogP contribution in [0.1, 0.15) is 41.9 Å². The van der Waals surface area contributed by atoms with Gasteiger partial charge in [-0.05, 0) is 38.7 Å². The van der Waals surface area contributed by atoms with Crippen molar-refractivity contribution in [1.29, 1.82) is 0 Å². The summed E-state index contributed by atoms with van der Waals surface area (Å²) in [5.41, 5.74) is 4.27. The summed E-state index contributed by atoms with van der Waals surface area (Å²) in [5, 5.41) is 0. The Morgan fingerprint density at radius 3 is 2.36 bits per heavy atom. The summed E-state index contributed by atoms with van der Waals surface area (Å²) in [6, 6.07) is 6.90. The third-order valence-electron chi connectivity index (χ3n) is 2.93. The first-order chi connectivity index (χ1) is 6.75. The molecule has 1 aliphatic rings. The van der Waals surface area contributed by atoms with Crippen LogP contribution in [0.15, 0.2) is 30.4 Å². The van der Waals surface area contributed by atoms with Crippen molar-refractivity contribution >= 4 is 0 Å². The number of benzene rings is 1. The van der Waals surface area contributed by atoms with E-state index in [1.54, 1.807) is 0 Å². The van der Waals surface area contributed by atoms with E-state index in [1.807, 2.05) is 0 Å². The van der Waals surface area contributed by atoms with Gasteiger partial charge in [-0.15, -0.1) is 0 Å². The zero-order valence-electron chi connectivity index (χ0n) is 9.09. The molecule has 0 N–H and O–H groups in total. The second-order valence-corrected chi connectivity index (χ2v) is 4.39. The normalized spacial score (nSPS) is 21.1. The van der Waals surface area contributed by atoms with Crippen LogP contribution in [-0.2, 0) is 0 Å². The Morgan fingerprint density at radius 2 is 1.79 bits per heavy atom. The van der Waals surface area contributed by atoms with Gasteiger partial charge in [0.2, 0.25) is 0 Å². The van der Waals surface area contributed by atoms with Crippen LogP contribution in [-0.4, -0.2) is 0 Å². The van der Waals surface area contributed by atoms with Crippen molar-refractivity contribution in [2.75, 3.05) is 0 Å². The van der Waals surface area contributed by atoms with E-state index >= 15 is 0 Å². The number of hydrogen-bond acceptors (Lipinski definition) is 0. The molecule has 74 valence electrons. The van der Waals surface area contributed by atoms with Gasteiger partial charge in [0.1, 0.15) is 0 Å². The van der Waals surface area contributed by atoms with Gasteiger partial charge in [0.15, 0.2) is 0 Å². The maximum Gasteiger partial charge on any atom is 0.00182 e. The van der Waals surface area contributed by atoms with Crippen LogP contribution in [0.2, 0.25) is 0 Å². The number of allylic oxidation sites excluding steroid dienone is 2. The molecule has 1 aliphatic carbocycles. The van der Waals surface area contributed by atoms with Crippen molar-refractivity contribution in [3.05, 3.63) is 47.0 Å². The van der Waals surface area contributed by atoms with E-state index in [0.29, 0.717) is 5.92 Å². The minimum absolute atomic E-state index is 0.669. The van der Waals surface area contributed by atoms with Crippen LogP contribution < -0.4 is 0 Å². The van der Waals surface area contributed by atoms with Crippen LogP contribution >= 0.6 is 0 Å². The molecule has 0 heteroatoms. The molecule has 0 aromatic heterocycles. The fourth-order valence-electron chi connectivity index (χ4n) is 2.31. The molecule has 0 saturated heterocycles. The largest absolute Gasteiger partial charge is 0.0879 e. The van der Waals surface area contributed by atoms with E-state index in [1.165, 1.54) is 36.0 Å². The van der Waals surface area contributed by atoms with Gasteiger partial charge in [-0.2, -0.15) is 0 Å². The zero-order valence-corrected chi connectivity index (χ0v) is 9.09. The van der Waals surface area contributed by atoms with E-state index in [-0.39, 0.29) is 0 Å². The number of hydrogen-bond donors (Lipinski definition) is 0. The second-order valence-electron chi connectivity index (χ2n) is 4.39. The molecule has 1 aromatic carbocycles. The van der Waals surface area contributed by atoms with Gasteiger partial charge in [0.05, 0.1) is 0 Å². The molecule has 1 unspecified atom stereocenters. The van der Waals surface area contributed by atoms with Gasteiger partial charge in [-0.3, -0.25) is 0 Å². The fourth-order valence-corrected chi connectivity index (χ4v) is 2.31. The smallest absolute Gasteiger partial charge is 0.00182 e. The Kier molecular flexibility index (Phi) is 2.72. The summed E-state index contributed by atoms with van der Waals surface area (Å²) in [6.45, 7) is 4.37. The van der Waals surface area contributed by atoms with Crippen molar-refractivity contribution < 1.29 is 0 Å². The molecule has 0 fully saturated rings. The first-order valence-corrected chi connectivity index (χ1v) is 5.50. The zero-order chi connectivity index (χ0) is 9.97. The molecule has 0 bridgehead atoms. The Morgan fingerprint density at radius 1 is 1.07 bits per heavy atom. The predicted octanol–water partition coefficient (Wildman–Crippen LogP) is 4.13. The topological polar surface area (TPSA) is 0 Å². The average molecular weight is 186 g/mol. The number of aryl methyl sites for hydroxylation is 2. The third-order valence-corrected chi connectivity index (χ3v) is 2.93. The molecule has 0 radical (unpaired) electrons. The predicted molar refractivity (Wildman–Crippen MR) is 61.6 cm³/mol. The third kappa shape index (κ3) is 2.06. The van der Waals surface area contributed by atoms with Gasteiger partial charge in [-0.1, -0.05) is 41.5 Å². The van der Waals surface area contributed by atoms with Gasteiger partial charge < -0.3 is 0 Å². The standard InChI is InChI=1S/C14H18/c1-11-8-12(2)10-14(9-11)13-6-4-3-5-7-13/h4,6,8-10,13H,3,5,7H2,1-2H3. The first kappa shape index (κ1) is 9.51. The van der Waals surface area contributed by atoms with Crippen molar-refractivity contribution in [2.45, 2.75) is 39.0 Å². The lowest BCUT2D eigenvalue weighted by molar-refractivity contribution is 0.654. The number of rotatable bonds is 1. The Hall–Kier alpha value is -1.04. The molecule has 1 aromatic rings. The van der Waals surface area contributed by atoms with E-state index < -0.39 is 0 Å². The minimum atomic E-state index is 0.669. The van der Waals surface area contributed by atoms with Gasteiger partial charge >= 0.3 is 0 Å². The lowest BCUT2D eigenvalue weighted by Crippen LogP contribution is -2.00. The summed E-state index contributed by atoms with van der Waals surface area (Å²) in [7, 11) is 0. The Labute approximate surface area is 86.7 Å². The highest BCUT2D eigenvalue weighted by molar-refractivity contribution is 5.33. The van der Waals surface area contributed by atoms with Crippen molar-refractivity contribution in [1.82, 2.24) is 0 Å². The van der Waals surface area contributed by atoms with Crippen LogP contribution in [0.5, 0.6) is 0 Å². The van der Waals surface area contributed by atoms with E-state index in [9.17, 15) is 0 Å². The van der Waals surface area contributed by atoms with Gasteiger partial charge in [0.25, 0.3) is 0 Å². The molecule has 14 heavy (non-hydrogen) atoms. The summed E-state index contributed by atoms with van der Waals surface area (Å²) in [5.74, 6) is 0.669.